The molecule has 0 radical (unpaired) electrons. The van der Waals surface area contributed by atoms with Gasteiger partial charge in [0.2, 0.25) is 0 Å². The zero-order valence-electron chi connectivity index (χ0n) is 14.4. The number of hydrogen-bond acceptors (Lipinski definition) is 4. The molecule has 0 saturated carbocycles. The van der Waals surface area contributed by atoms with E-state index in [2.05, 4.69) is 14.9 Å². The lowest BCUT2D eigenvalue weighted by atomic mass is 10.1. The van der Waals surface area contributed by atoms with Gasteiger partial charge in [-0.15, -0.1) is 0 Å². The average molecular weight is 369 g/mol. The van der Waals surface area contributed by atoms with E-state index in [1.165, 1.54) is 12.4 Å². The molecule has 4 rings (SSSR count). The molecule has 138 valence electrons. The Balaban J connectivity index is 1.45. The average Bonchev–Trinajstić information content (AvgIpc) is 3.23. The molecule has 0 spiro atoms. The maximum atomic E-state index is 13.9. The van der Waals surface area contributed by atoms with Crippen LogP contribution in [0.5, 0.6) is 0 Å². The van der Waals surface area contributed by atoms with Gasteiger partial charge in [0.25, 0.3) is 5.91 Å². The molecule has 1 fully saturated rings. The van der Waals surface area contributed by atoms with Crippen LogP contribution < -0.4 is 4.90 Å². The molecule has 2 aromatic heterocycles. The molecule has 1 amide bonds. The largest absolute Gasteiger partial charge is 0.353 e. The molecule has 3 heterocycles. The fraction of sp³-hybridized carbons (Fsp3) is 0.211. The molecule has 1 aromatic carbocycles. The van der Waals surface area contributed by atoms with Crippen LogP contribution in [-0.2, 0) is 0 Å². The molecule has 0 bridgehead atoms. The van der Waals surface area contributed by atoms with E-state index in [4.69, 9.17) is 0 Å². The number of amides is 1. The van der Waals surface area contributed by atoms with Crippen molar-refractivity contribution in [3.63, 3.8) is 0 Å². The van der Waals surface area contributed by atoms with Crippen LogP contribution in [0.1, 0.15) is 10.4 Å². The number of piperazine rings is 1. The molecule has 1 aliphatic rings. The number of nitrogens with zero attached hydrogens (tertiary/aromatic N) is 5. The minimum Gasteiger partial charge on any atom is -0.353 e. The van der Waals surface area contributed by atoms with Crippen molar-refractivity contribution in [3.8, 4) is 5.82 Å². The van der Waals surface area contributed by atoms with Crippen LogP contribution >= 0.6 is 0 Å². The summed E-state index contributed by atoms with van der Waals surface area (Å²) in [5.41, 5.74) is -0.109. The van der Waals surface area contributed by atoms with Gasteiger partial charge < -0.3 is 14.4 Å². The van der Waals surface area contributed by atoms with Crippen LogP contribution in [0.2, 0.25) is 0 Å². The number of carbonyl (C=O) groups excluding carboxylic acids is 1. The minimum atomic E-state index is -0.838. The highest BCUT2D eigenvalue weighted by molar-refractivity contribution is 5.94. The Kier molecular flexibility index (Phi) is 4.53. The standard InChI is InChI=1S/C19H17F2N5O/c20-14-3-4-15(16(21)11-14)19(27)26-9-7-25(8-10-26)18-12-17(22-13-23-18)24-5-1-2-6-24/h1-6,11-13H,7-10H2. The molecule has 3 aromatic rings. The summed E-state index contributed by atoms with van der Waals surface area (Å²) in [7, 11) is 0. The first kappa shape index (κ1) is 17.1. The van der Waals surface area contributed by atoms with Crippen molar-refractivity contribution in [1.82, 2.24) is 19.4 Å². The highest BCUT2D eigenvalue weighted by Crippen LogP contribution is 2.18. The molecule has 0 unspecified atom stereocenters. The summed E-state index contributed by atoms with van der Waals surface area (Å²) in [6, 6.07) is 8.73. The second-order valence-corrected chi connectivity index (χ2v) is 6.23. The number of benzene rings is 1. The fourth-order valence-corrected chi connectivity index (χ4v) is 3.11. The van der Waals surface area contributed by atoms with Gasteiger partial charge in [-0.1, -0.05) is 0 Å². The lowest BCUT2D eigenvalue weighted by molar-refractivity contribution is 0.0741. The Labute approximate surface area is 154 Å². The Morgan fingerprint density at radius 3 is 2.33 bits per heavy atom. The Hall–Kier alpha value is -3.29. The maximum Gasteiger partial charge on any atom is 0.256 e. The lowest BCUT2D eigenvalue weighted by Gasteiger charge is -2.35. The summed E-state index contributed by atoms with van der Waals surface area (Å²) in [6.07, 6.45) is 5.32. The number of halogens is 2. The van der Waals surface area contributed by atoms with E-state index in [1.807, 2.05) is 35.2 Å². The van der Waals surface area contributed by atoms with Crippen molar-refractivity contribution in [2.24, 2.45) is 0 Å². The van der Waals surface area contributed by atoms with Crippen LogP contribution in [0.3, 0.4) is 0 Å². The molecule has 6 nitrogen and oxygen atoms in total. The van der Waals surface area contributed by atoms with Gasteiger partial charge in [0.15, 0.2) is 0 Å². The Morgan fingerprint density at radius 2 is 1.63 bits per heavy atom. The van der Waals surface area contributed by atoms with Gasteiger partial charge in [-0.05, 0) is 24.3 Å². The summed E-state index contributed by atoms with van der Waals surface area (Å²) in [6.45, 7) is 1.99. The molecule has 0 aliphatic carbocycles. The zero-order chi connectivity index (χ0) is 18.8. The second kappa shape index (κ2) is 7.14. The van der Waals surface area contributed by atoms with Crippen molar-refractivity contribution in [1.29, 1.82) is 0 Å². The molecular weight excluding hydrogens is 352 g/mol. The van der Waals surface area contributed by atoms with Crippen LogP contribution in [0.25, 0.3) is 5.82 Å². The van der Waals surface area contributed by atoms with E-state index in [-0.39, 0.29) is 5.56 Å². The fourth-order valence-electron chi connectivity index (χ4n) is 3.11. The summed E-state index contributed by atoms with van der Waals surface area (Å²) in [4.78, 5) is 24.7. The summed E-state index contributed by atoms with van der Waals surface area (Å²) >= 11 is 0. The predicted molar refractivity (Wildman–Crippen MR) is 95.8 cm³/mol. The molecule has 8 heteroatoms. The first-order valence-electron chi connectivity index (χ1n) is 8.56. The van der Waals surface area contributed by atoms with Crippen molar-refractivity contribution < 1.29 is 13.6 Å². The van der Waals surface area contributed by atoms with Crippen LogP contribution in [-0.4, -0.2) is 51.5 Å². The number of hydrogen-bond donors (Lipinski definition) is 0. The Morgan fingerprint density at radius 1 is 0.926 bits per heavy atom. The first-order valence-corrected chi connectivity index (χ1v) is 8.56. The van der Waals surface area contributed by atoms with E-state index in [0.29, 0.717) is 26.2 Å². The van der Waals surface area contributed by atoms with E-state index in [9.17, 15) is 13.6 Å². The summed E-state index contributed by atoms with van der Waals surface area (Å²) in [5, 5.41) is 0. The normalized spacial score (nSPS) is 14.4. The number of carbonyl (C=O) groups is 1. The number of rotatable bonds is 3. The van der Waals surface area contributed by atoms with Crippen LogP contribution in [0.4, 0.5) is 14.6 Å². The molecular formula is C19H17F2N5O. The van der Waals surface area contributed by atoms with Gasteiger partial charge in [0.05, 0.1) is 5.56 Å². The quantitative estimate of drug-likeness (QED) is 0.712. The third kappa shape index (κ3) is 3.51. The monoisotopic (exact) mass is 369 g/mol. The van der Waals surface area contributed by atoms with Crippen molar-refractivity contribution in [3.05, 3.63) is 72.3 Å². The predicted octanol–water partition coefficient (Wildman–Crippen LogP) is 2.51. The lowest BCUT2D eigenvalue weighted by Crippen LogP contribution is -2.49. The molecule has 1 aliphatic heterocycles. The zero-order valence-corrected chi connectivity index (χ0v) is 14.4. The smallest absolute Gasteiger partial charge is 0.256 e. The van der Waals surface area contributed by atoms with Crippen molar-refractivity contribution in [2.75, 3.05) is 31.1 Å². The summed E-state index contributed by atoms with van der Waals surface area (Å²) < 4.78 is 28.8. The van der Waals surface area contributed by atoms with Gasteiger partial charge in [0.1, 0.15) is 29.6 Å². The van der Waals surface area contributed by atoms with E-state index >= 15 is 0 Å². The molecule has 1 saturated heterocycles. The Bertz CT molecular complexity index is 952. The first-order chi connectivity index (χ1) is 13.1. The van der Waals surface area contributed by atoms with Crippen molar-refractivity contribution in [2.45, 2.75) is 0 Å². The van der Waals surface area contributed by atoms with E-state index < -0.39 is 17.5 Å². The third-order valence-corrected chi connectivity index (χ3v) is 4.56. The van der Waals surface area contributed by atoms with Gasteiger partial charge in [-0.25, -0.2) is 18.7 Å². The van der Waals surface area contributed by atoms with Crippen molar-refractivity contribution >= 4 is 11.7 Å². The van der Waals surface area contributed by atoms with E-state index in [0.717, 1.165) is 23.8 Å². The minimum absolute atomic E-state index is 0.109. The molecule has 27 heavy (non-hydrogen) atoms. The van der Waals surface area contributed by atoms with E-state index in [1.54, 1.807) is 4.90 Å². The molecule has 0 N–H and O–H groups in total. The van der Waals surface area contributed by atoms with Gasteiger partial charge >= 0.3 is 0 Å². The second-order valence-electron chi connectivity index (χ2n) is 6.23. The highest BCUT2D eigenvalue weighted by Gasteiger charge is 2.25. The number of aromatic nitrogens is 3. The van der Waals surface area contributed by atoms with Crippen LogP contribution in [0.15, 0.2) is 55.1 Å². The van der Waals surface area contributed by atoms with Gasteiger partial charge in [-0.3, -0.25) is 4.79 Å². The van der Waals surface area contributed by atoms with Gasteiger partial charge in [0, 0.05) is 50.7 Å². The number of anilines is 1. The SMILES string of the molecule is O=C(c1ccc(F)cc1F)N1CCN(c2cc(-n3cccc3)ncn2)CC1. The summed E-state index contributed by atoms with van der Waals surface area (Å²) in [5.74, 6) is -0.431. The topological polar surface area (TPSA) is 54.3 Å². The molecule has 0 atom stereocenters. The highest BCUT2D eigenvalue weighted by atomic mass is 19.1. The maximum absolute atomic E-state index is 13.9. The van der Waals surface area contributed by atoms with Crippen LogP contribution in [0, 0.1) is 11.6 Å². The third-order valence-electron chi connectivity index (χ3n) is 4.56. The van der Waals surface area contributed by atoms with Gasteiger partial charge in [-0.2, -0.15) is 0 Å².